The van der Waals surface area contributed by atoms with Crippen LogP contribution in [-0.4, -0.2) is 43.0 Å². The highest BCUT2D eigenvalue weighted by molar-refractivity contribution is 6.17. The highest BCUT2D eigenvalue weighted by atomic mass is 35.5. The Morgan fingerprint density at radius 3 is 1.45 bits per heavy atom. The molecule has 0 N–H and O–H groups in total. The number of esters is 1. The van der Waals surface area contributed by atoms with Gasteiger partial charge in [0.25, 0.3) is 0 Å². The maximum atomic E-state index is 11.9. The van der Waals surface area contributed by atoms with Crippen LogP contribution in [0.4, 0.5) is 0 Å². The molecular formula is C29H58ClNO2. The van der Waals surface area contributed by atoms with E-state index in [2.05, 4.69) is 18.7 Å². The Morgan fingerprint density at radius 2 is 1.00 bits per heavy atom. The quantitative estimate of drug-likeness (QED) is 0.0656. The van der Waals surface area contributed by atoms with Gasteiger partial charge in [0.15, 0.2) is 0 Å². The average molecular weight is 488 g/mol. The molecule has 0 heterocycles. The van der Waals surface area contributed by atoms with Crippen LogP contribution in [-0.2, 0) is 9.53 Å². The van der Waals surface area contributed by atoms with E-state index >= 15 is 0 Å². The van der Waals surface area contributed by atoms with Gasteiger partial charge in [-0.25, -0.2) is 0 Å². The number of rotatable bonds is 27. The number of hydrogen-bond acceptors (Lipinski definition) is 3. The van der Waals surface area contributed by atoms with Crippen molar-refractivity contribution in [3.8, 4) is 0 Å². The molecule has 0 saturated carbocycles. The van der Waals surface area contributed by atoms with E-state index in [0.717, 1.165) is 32.2 Å². The number of alkyl halides is 1. The molecule has 0 bridgehead atoms. The summed E-state index contributed by atoms with van der Waals surface area (Å²) in [6.45, 7) is 8.68. The standard InChI is InChI=1S/C29H58ClNO2/c1-3-5-7-9-11-13-15-19-25-31(26-20-16-14-12-10-8-6-4-2)27-21-17-23-29(32)33-28-22-18-24-30/h3-28H2,1-2H3. The van der Waals surface area contributed by atoms with E-state index in [1.54, 1.807) is 0 Å². The lowest BCUT2D eigenvalue weighted by molar-refractivity contribution is -0.143. The zero-order chi connectivity index (χ0) is 24.2. The van der Waals surface area contributed by atoms with Gasteiger partial charge in [-0.2, -0.15) is 0 Å². The molecule has 0 fully saturated rings. The molecule has 0 aliphatic carbocycles. The second kappa shape index (κ2) is 28.0. The number of nitrogens with zero attached hydrogens (tertiary/aromatic N) is 1. The summed E-state index contributed by atoms with van der Waals surface area (Å²) in [5.74, 6) is 0.604. The van der Waals surface area contributed by atoms with Crippen LogP contribution in [0.5, 0.6) is 0 Å². The van der Waals surface area contributed by atoms with E-state index in [1.165, 1.54) is 116 Å². The molecule has 0 aromatic heterocycles. The van der Waals surface area contributed by atoms with Crippen LogP contribution < -0.4 is 0 Å². The SMILES string of the molecule is CCCCCCCCCCN(CCCCCCCCCC)CCCCC(=O)OCCCCCl. The summed E-state index contributed by atoms with van der Waals surface area (Å²) in [5, 5.41) is 0. The summed E-state index contributed by atoms with van der Waals surface area (Å²) in [5.41, 5.74) is 0. The average Bonchev–Trinajstić information content (AvgIpc) is 2.82. The minimum Gasteiger partial charge on any atom is -0.466 e. The smallest absolute Gasteiger partial charge is 0.305 e. The van der Waals surface area contributed by atoms with Crippen molar-refractivity contribution < 1.29 is 9.53 Å². The van der Waals surface area contributed by atoms with Gasteiger partial charge in [0.1, 0.15) is 0 Å². The molecule has 0 aliphatic heterocycles. The van der Waals surface area contributed by atoms with Crippen molar-refractivity contribution in [3.05, 3.63) is 0 Å². The second-order valence-corrected chi connectivity index (χ2v) is 10.2. The van der Waals surface area contributed by atoms with E-state index in [1.807, 2.05) is 0 Å². The Morgan fingerprint density at radius 1 is 0.576 bits per heavy atom. The summed E-state index contributed by atoms with van der Waals surface area (Å²) in [7, 11) is 0. The first-order valence-corrected chi connectivity index (χ1v) is 15.2. The second-order valence-electron chi connectivity index (χ2n) is 9.87. The van der Waals surface area contributed by atoms with Crippen molar-refractivity contribution in [2.45, 2.75) is 149 Å². The predicted octanol–water partition coefficient (Wildman–Crippen LogP) is 9.30. The maximum absolute atomic E-state index is 11.9. The number of ether oxygens (including phenoxy) is 1. The number of hydrogen-bond donors (Lipinski definition) is 0. The third-order valence-corrected chi connectivity index (χ3v) is 6.82. The number of halogens is 1. The van der Waals surface area contributed by atoms with Crippen LogP contribution in [0.15, 0.2) is 0 Å². The van der Waals surface area contributed by atoms with Gasteiger partial charge in [-0.1, -0.05) is 104 Å². The molecule has 0 saturated heterocycles. The van der Waals surface area contributed by atoms with E-state index in [9.17, 15) is 4.79 Å². The molecule has 0 unspecified atom stereocenters. The van der Waals surface area contributed by atoms with Gasteiger partial charge >= 0.3 is 5.97 Å². The van der Waals surface area contributed by atoms with Crippen molar-refractivity contribution in [1.82, 2.24) is 4.90 Å². The van der Waals surface area contributed by atoms with Gasteiger partial charge in [-0.05, 0) is 58.2 Å². The van der Waals surface area contributed by atoms with Crippen LogP contribution in [0.25, 0.3) is 0 Å². The Bertz CT molecular complexity index is 372. The van der Waals surface area contributed by atoms with Crippen LogP contribution in [0.3, 0.4) is 0 Å². The Labute approximate surface area is 212 Å². The zero-order valence-electron chi connectivity index (χ0n) is 22.5. The fraction of sp³-hybridized carbons (Fsp3) is 0.966. The predicted molar refractivity (Wildman–Crippen MR) is 146 cm³/mol. The number of carbonyl (C=O) groups excluding carboxylic acids is 1. The number of carbonyl (C=O) groups is 1. The fourth-order valence-electron chi connectivity index (χ4n) is 4.33. The van der Waals surface area contributed by atoms with E-state index in [0.29, 0.717) is 18.9 Å². The molecule has 0 aliphatic rings. The van der Waals surface area contributed by atoms with Crippen molar-refractivity contribution in [1.29, 1.82) is 0 Å². The molecule has 0 amide bonds. The fourth-order valence-corrected chi connectivity index (χ4v) is 4.52. The van der Waals surface area contributed by atoms with E-state index < -0.39 is 0 Å². The molecular weight excluding hydrogens is 430 g/mol. The summed E-state index contributed by atoms with van der Waals surface area (Å²) < 4.78 is 5.29. The molecule has 4 heteroatoms. The normalized spacial score (nSPS) is 11.4. The molecule has 0 aromatic carbocycles. The Kier molecular flexibility index (Phi) is 27.7. The summed E-state index contributed by atoms with van der Waals surface area (Å²) in [4.78, 5) is 14.5. The first kappa shape index (κ1) is 32.7. The third-order valence-electron chi connectivity index (χ3n) is 6.55. The van der Waals surface area contributed by atoms with Gasteiger partial charge in [-0.3, -0.25) is 4.79 Å². The van der Waals surface area contributed by atoms with E-state index in [-0.39, 0.29) is 5.97 Å². The van der Waals surface area contributed by atoms with Crippen LogP contribution in [0, 0.1) is 0 Å². The molecule has 0 rings (SSSR count). The molecule has 0 spiro atoms. The van der Waals surface area contributed by atoms with Gasteiger partial charge in [0.2, 0.25) is 0 Å². The van der Waals surface area contributed by atoms with Gasteiger partial charge in [0, 0.05) is 12.3 Å². The minimum atomic E-state index is -0.0396. The lowest BCUT2D eigenvalue weighted by atomic mass is 10.1. The molecule has 198 valence electrons. The third kappa shape index (κ3) is 26.2. The molecule has 0 aromatic rings. The van der Waals surface area contributed by atoms with E-state index in [4.69, 9.17) is 16.3 Å². The van der Waals surface area contributed by atoms with Crippen LogP contribution >= 0.6 is 11.6 Å². The molecule has 3 nitrogen and oxygen atoms in total. The summed E-state index contributed by atoms with van der Waals surface area (Å²) in [6, 6.07) is 0. The first-order chi connectivity index (χ1) is 16.2. The van der Waals surface area contributed by atoms with Gasteiger partial charge < -0.3 is 9.64 Å². The molecule has 0 atom stereocenters. The Balaban J connectivity index is 3.97. The Hall–Kier alpha value is -0.280. The highest BCUT2D eigenvalue weighted by Gasteiger charge is 2.07. The summed E-state index contributed by atoms with van der Waals surface area (Å²) in [6.07, 6.45) is 26.5. The lowest BCUT2D eigenvalue weighted by Gasteiger charge is -2.22. The van der Waals surface area contributed by atoms with Crippen LogP contribution in [0.2, 0.25) is 0 Å². The largest absolute Gasteiger partial charge is 0.466 e. The topological polar surface area (TPSA) is 29.5 Å². The molecule has 0 radical (unpaired) electrons. The summed E-state index contributed by atoms with van der Waals surface area (Å²) >= 11 is 5.66. The van der Waals surface area contributed by atoms with Crippen molar-refractivity contribution in [3.63, 3.8) is 0 Å². The number of unbranched alkanes of at least 4 members (excludes halogenated alkanes) is 16. The minimum absolute atomic E-state index is 0.0396. The zero-order valence-corrected chi connectivity index (χ0v) is 23.3. The maximum Gasteiger partial charge on any atom is 0.305 e. The lowest BCUT2D eigenvalue weighted by Crippen LogP contribution is -2.27. The van der Waals surface area contributed by atoms with Crippen molar-refractivity contribution in [2.24, 2.45) is 0 Å². The molecule has 33 heavy (non-hydrogen) atoms. The van der Waals surface area contributed by atoms with Gasteiger partial charge in [0.05, 0.1) is 6.61 Å². The first-order valence-electron chi connectivity index (χ1n) is 14.7. The van der Waals surface area contributed by atoms with Crippen LogP contribution in [0.1, 0.15) is 149 Å². The highest BCUT2D eigenvalue weighted by Crippen LogP contribution is 2.12. The van der Waals surface area contributed by atoms with Gasteiger partial charge in [-0.15, -0.1) is 11.6 Å². The monoisotopic (exact) mass is 487 g/mol. The van der Waals surface area contributed by atoms with Crippen molar-refractivity contribution in [2.75, 3.05) is 32.1 Å². The van der Waals surface area contributed by atoms with Crippen molar-refractivity contribution >= 4 is 17.6 Å².